The van der Waals surface area contributed by atoms with Crippen molar-refractivity contribution >= 4 is 23.3 Å². The maximum absolute atomic E-state index is 14.2. The number of carbonyl (C=O) groups is 2. The van der Waals surface area contributed by atoms with Crippen LogP contribution in [0, 0.1) is 24.1 Å². The van der Waals surface area contributed by atoms with Crippen LogP contribution in [-0.2, 0) is 9.53 Å². The lowest BCUT2D eigenvalue weighted by molar-refractivity contribution is -0.117. The average molecular weight is 410 g/mol. The highest BCUT2D eigenvalue weighted by molar-refractivity contribution is 5.96. The summed E-state index contributed by atoms with van der Waals surface area (Å²) in [6, 6.07) is 11.4. The maximum atomic E-state index is 14.2. The molecule has 0 radical (unpaired) electrons. The number of hydrogen-bond acceptors (Lipinski definition) is 6. The number of piperazine rings is 1. The number of rotatable bonds is 5. The van der Waals surface area contributed by atoms with Gasteiger partial charge in [0.15, 0.2) is 0 Å². The van der Waals surface area contributed by atoms with Gasteiger partial charge in [-0.05, 0) is 42.8 Å². The Balaban J connectivity index is 1.56. The second-order valence-corrected chi connectivity index (χ2v) is 7.11. The first kappa shape index (κ1) is 21.3. The summed E-state index contributed by atoms with van der Waals surface area (Å²) in [4.78, 5) is 28.1. The van der Waals surface area contributed by atoms with Gasteiger partial charge in [0, 0.05) is 31.9 Å². The monoisotopic (exact) mass is 410 g/mol. The zero-order valence-electron chi connectivity index (χ0n) is 16.9. The highest BCUT2D eigenvalue weighted by atomic mass is 19.1. The van der Waals surface area contributed by atoms with Gasteiger partial charge in [0.05, 0.1) is 36.5 Å². The molecule has 0 saturated carbocycles. The van der Waals surface area contributed by atoms with E-state index in [1.165, 1.54) is 13.2 Å². The number of hydrogen-bond donors (Lipinski definition) is 1. The number of nitriles is 1. The van der Waals surface area contributed by atoms with E-state index in [0.29, 0.717) is 43.1 Å². The number of methoxy groups -OCH3 is 1. The van der Waals surface area contributed by atoms with Crippen LogP contribution in [0.3, 0.4) is 0 Å². The number of nitrogens with one attached hydrogen (secondary N) is 1. The number of benzene rings is 2. The van der Waals surface area contributed by atoms with Gasteiger partial charge in [0.1, 0.15) is 5.82 Å². The quantitative estimate of drug-likeness (QED) is 0.763. The minimum absolute atomic E-state index is 0.182. The third kappa shape index (κ3) is 4.93. The number of aryl methyl sites for hydroxylation is 1. The van der Waals surface area contributed by atoms with Crippen LogP contribution in [-0.4, -0.2) is 56.6 Å². The van der Waals surface area contributed by atoms with Crippen LogP contribution >= 0.6 is 0 Å². The molecule has 7 nitrogen and oxygen atoms in total. The molecule has 3 rings (SSSR count). The first-order valence-corrected chi connectivity index (χ1v) is 9.57. The van der Waals surface area contributed by atoms with Crippen molar-refractivity contribution in [3.05, 3.63) is 58.9 Å². The number of carbonyl (C=O) groups excluding carboxylic acids is 2. The smallest absolute Gasteiger partial charge is 0.337 e. The standard InChI is InChI=1S/C22H23FN4O3/c1-15-3-5-17(22(29)30-2)12-19(15)25-21(28)14-26-7-9-27(10-8-26)20-6-4-16(13-24)11-18(20)23/h3-6,11-12H,7-10,14H2,1-2H3,(H,25,28). The Labute approximate surface area is 174 Å². The first-order valence-electron chi connectivity index (χ1n) is 9.57. The summed E-state index contributed by atoms with van der Waals surface area (Å²) in [5.41, 5.74) is 2.54. The van der Waals surface area contributed by atoms with Gasteiger partial charge in [-0.1, -0.05) is 6.07 Å². The Morgan fingerprint density at radius 2 is 1.90 bits per heavy atom. The number of nitrogens with zero attached hydrogens (tertiary/aromatic N) is 3. The third-order valence-electron chi connectivity index (χ3n) is 5.09. The van der Waals surface area contributed by atoms with E-state index in [2.05, 4.69) is 5.32 Å². The van der Waals surface area contributed by atoms with Crippen molar-refractivity contribution in [2.75, 3.05) is 50.1 Å². The van der Waals surface area contributed by atoms with Crippen molar-refractivity contribution in [3.8, 4) is 6.07 Å². The van der Waals surface area contributed by atoms with Crippen molar-refractivity contribution in [1.82, 2.24) is 4.90 Å². The van der Waals surface area contributed by atoms with E-state index < -0.39 is 11.8 Å². The van der Waals surface area contributed by atoms with Crippen molar-refractivity contribution in [2.45, 2.75) is 6.92 Å². The molecule has 0 aliphatic carbocycles. The summed E-state index contributed by atoms with van der Waals surface area (Å²) >= 11 is 0. The summed E-state index contributed by atoms with van der Waals surface area (Å²) in [7, 11) is 1.31. The second-order valence-electron chi connectivity index (χ2n) is 7.11. The molecule has 2 aromatic carbocycles. The molecule has 30 heavy (non-hydrogen) atoms. The molecule has 0 bridgehead atoms. The maximum Gasteiger partial charge on any atom is 0.337 e. The minimum Gasteiger partial charge on any atom is -0.465 e. The van der Waals surface area contributed by atoms with Gasteiger partial charge < -0.3 is 15.0 Å². The Kier molecular flexibility index (Phi) is 6.65. The van der Waals surface area contributed by atoms with E-state index in [1.807, 2.05) is 22.8 Å². The van der Waals surface area contributed by atoms with Gasteiger partial charge in [-0.3, -0.25) is 9.69 Å². The van der Waals surface area contributed by atoms with Gasteiger partial charge in [-0.15, -0.1) is 0 Å². The first-order chi connectivity index (χ1) is 14.4. The molecule has 8 heteroatoms. The van der Waals surface area contributed by atoms with Crippen LogP contribution in [0.2, 0.25) is 0 Å². The SMILES string of the molecule is COC(=O)c1ccc(C)c(NC(=O)CN2CCN(c3ccc(C#N)cc3F)CC2)c1. The van der Waals surface area contributed by atoms with Crippen molar-refractivity contribution in [1.29, 1.82) is 5.26 Å². The fourth-order valence-corrected chi connectivity index (χ4v) is 3.37. The van der Waals surface area contributed by atoms with E-state index >= 15 is 0 Å². The van der Waals surface area contributed by atoms with Crippen molar-refractivity contribution < 1.29 is 18.7 Å². The molecule has 2 aromatic rings. The molecular weight excluding hydrogens is 387 g/mol. The Bertz CT molecular complexity index is 994. The van der Waals surface area contributed by atoms with Crippen LogP contribution in [0.5, 0.6) is 0 Å². The van der Waals surface area contributed by atoms with Crippen LogP contribution in [0.25, 0.3) is 0 Å². The highest BCUT2D eigenvalue weighted by Crippen LogP contribution is 2.22. The summed E-state index contributed by atoms with van der Waals surface area (Å²) in [5.74, 6) is -1.06. The van der Waals surface area contributed by atoms with Gasteiger partial charge in [0.2, 0.25) is 5.91 Å². The van der Waals surface area contributed by atoms with Crippen LogP contribution in [0.4, 0.5) is 15.8 Å². The number of ether oxygens (including phenoxy) is 1. The molecule has 156 valence electrons. The Morgan fingerprint density at radius 1 is 1.17 bits per heavy atom. The zero-order chi connectivity index (χ0) is 21.7. The van der Waals surface area contributed by atoms with Gasteiger partial charge in [-0.2, -0.15) is 5.26 Å². The molecular formula is C22H23FN4O3. The summed E-state index contributed by atoms with van der Waals surface area (Å²) in [6.45, 7) is 4.41. The van der Waals surface area contributed by atoms with Gasteiger partial charge in [0.25, 0.3) is 0 Å². The molecule has 0 unspecified atom stereocenters. The fourth-order valence-electron chi connectivity index (χ4n) is 3.37. The Morgan fingerprint density at radius 3 is 2.53 bits per heavy atom. The largest absolute Gasteiger partial charge is 0.465 e. The van der Waals surface area contributed by atoms with Gasteiger partial charge >= 0.3 is 5.97 Å². The normalized spacial score (nSPS) is 14.1. The number of anilines is 2. The predicted octanol–water partition coefficient (Wildman–Crippen LogP) is 2.55. The van der Waals surface area contributed by atoms with Crippen LogP contribution in [0.1, 0.15) is 21.5 Å². The van der Waals surface area contributed by atoms with E-state index in [4.69, 9.17) is 10.00 Å². The summed E-state index contributed by atoms with van der Waals surface area (Å²) in [6.07, 6.45) is 0. The number of amides is 1. The Hall–Kier alpha value is -3.44. The second kappa shape index (κ2) is 9.37. The van der Waals surface area contributed by atoms with E-state index in [0.717, 1.165) is 5.56 Å². The summed E-state index contributed by atoms with van der Waals surface area (Å²) in [5, 5.41) is 11.7. The van der Waals surface area contributed by atoms with Crippen molar-refractivity contribution in [2.24, 2.45) is 0 Å². The lowest BCUT2D eigenvalue weighted by Gasteiger charge is -2.35. The van der Waals surface area contributed by atoms with Crippen LogP contribution < -0.4 is 10.2 Å². The fraction of sp³-hybridized carbons (Fsp3) is 0.318. The van der Waals surface area contributed by atoms with Crippen molar-refractivity contribution in [3.63, 3.8) is 0 Å². The average Bonchev–Trinajstić information content (AvgIpc) is 2.75. The minimum atomic E-state index is -0.461. The molecule has 1 aliphatic heterocycles. The molecule has 1 fully saturated rings. The molecule has 1 heterocycles. The van der Waals surface area contributed by atoms with Gasteiger partial charge in [-0.25, -0.2) is 9.18 Å². The van der Waals surface area contributed by atoms with Crippen LogP contribution in [0.15, 0.2) is 36.4 Å². The molecule has 1 aliphatic rings. The number of halogens is 1. The lowest BCUT2D eigenvalue weighted by atomic mass is 10.1. The lowest BCUT2D eigenvalue weighted by Crippen LogP contribution is -2.49. The molecule has 1 N–H and O–H groups in total. The topological polar surface area (TPSA) is 85.7 Å². The third-order valence-corrected chi connectivity index (χ3v) is 5.09. The molecule has 0 aromatic heterocycles. The van der Waals surface area contributed by atoms with E-state index in [9.17, 15) is 14.0 Å². The molecule has 0 spiro atoms. The highest BCUT2D eigenvalue weighted by Gasteiger charge is 2.21. The molecule has 1 amide bonds. The predicted molar refractivity (Wildman–Crippen MR) is 111 cm³/mol. The van der Waals surface area contributed by atoms with E-state index in [1.54, 1.807) is 30.3 Å². The molecule has 1 saturated heterocycles. The zero-order valence-corrected chi connectivity index (χ0v) is 16.9. The molecule has 0 atom stereocenters. The van der Waals surface area contributed by atoms with E-state index in [-0.39, 0.29) is 18.0 Å². The number of esters is 1. The summed E-state index contributed by atoms with van der Waals surface area (Å²) < 4.78 is 18.9.